The van der Waals surface area contributed by atoms with Crippen LogP contribution in [0.15, 0.2) is 0 Å². The quantitative estimate of drug-likeness (QED) is 0.0540. The number of carbonyl (C=O) groups excluding carboxylic acids is 2. The summed E-state index contributed by atoms with van der Waals surface area (Å²) in [6, 6.07) is 0. The number of unbranched alkanes of at least 4 members (excludes halogenated alkanes) is 23. The molecule has 0 saturated heterocycles. The van der Waals surface area contributed by atoms with Gasteiger partial charge in [-0.25, -0.2) is 0 Å². The van der Waals surface area contributed by atoms with E-state index in [1.54, 1.807) is 13.8 Å². The van der Waals surface area contributed by atoms with Crippen LogP contribution < -0.4 is 0 Å². The monoisotopic (exact) mass is 538 g/mol. The summed E-state index contributed by atoms with van der Waals surface area (Å²) in [4.78, 5) is 24.8. The molecule has 0 N–H and O–H groups in total. The van der Waals surface area contributed by atoms with Gasteiger partial charge >= 0.3 is 11.9 Å². The minimum atomic E-state index is -1.23. The van der Waals surface area contributed by atoms with Gasteiger partial charge in [0.1, 0.15) is 0 Å². The van der Waals surface area contributed by atoms with Crippen LogP contribution >= 0.6 is 0 Å². The lowest BCUT2D eigenvalue weighted by Gasteiger charge is -2.20. The number of hydrogen-bond acceptors (Lipinski definition) is 4. The molecule has 0 aliphatic rings. The Hall–Kier alpha value is -1.06. The molecular weight excluding hydrogens is 472 g/mol. The second kappa shape index (κ2) is 27.5. The van der Waals surface area contributed by atoms with Gasteiger partial charge < -0.3 is 9.47 Å². The fraction of sp³-hybridized carbons (Fsp3) is 0.941. The van der Waals surface area contributed by atoms with E-state index in [2.05, 4.69) is 13.8 Å². The molecule has 0 aromatic rings. The third-order valence-electron chi connectivity index (χ3n) is 7.73. The molecule has 0 radical (unpaired) electrons. The summed E-state index contributed by atoms with van der Waals surface area (Å²) in [7, 11) is 0. The van der Waals surface area contributed by atoms with E-state index >= 15 is 0 Å². The molecule has 0 saturated carbocycles. The maximum Gasteiger partial charge on any atom is 0.322 e. The third kappa shape index (κ3) is 22.9. The predicted octanol–water partition coefficient (Wildman–Crippen LogP) is 10.9. The zero-order valence-electron chi connectivity index (χ0n) is 26.2. The van der Waals surface area contributed by atoms with Gasteiger partial charge in [0.15, 0.2) is 5.41 Å². The summed E-state index contributed by atoms with van der Waals surface area (Å²) < 4.78 is 10.8. The molecular formula is C34H66O4. The number of esters is 2. The van der Waals surface area contributed by atoms with Gasteiger partial charge in [-0.3, -0.25) is 9.59 Å². The molecule has 0 amide bonds. The Balaban J connectivity index is 3.55. The molecule has 0 heterocycles. The summed E-state index contributed by atoms with van der Waals surface area (Å²) >= 11 is 0. The summed E-state index contributed by atoms with van der Waals surface area (Å²) in [6.07, 6.45) is 32.1. The number of rotatable bonds is 29. The Bertz CT molecular complexity index is 529. The van der Waals surface area contributed by atoms with E-state index in [0.29, 0.717) is 13.2 Å². The summed E-state index contributed by atoms with van der Waals surface area (Å²) in [6.45, 7) is 8.53. The van der Waals surface area contributed by atoms with Crippen molar-refractivity contribution < 1.29 is 19.1 Å². The first-order valence-corrected chi connectivity index (χ1v) is 16.8. The molecule has 0 rings (SSSR count). The van der Waals surface area contributed by atoms with Crippen molar-refractivity contribution >= 4 is 11.9 Å². The van der Waals surface area contributed by atoms with E-state index in [1.165, 1.54) is 135 Å². The van der Waals surface area contributed by atoms with Crippen molar-refractivity contribution in [1.82, 2.24) is 0 Å². The molecule has 226 valence electrons. The van der Waals surface area contributed by atoms with Crippen molar-refractivity contribution in [3.63, 3.8) is 0 Å². The van der Waals surface area contributed by atoms with E-state index < -0.39 is 17.4 Å². The Morgan fingerprint density at radius 3 is 0.842 bits per heavy atom. The van der Waals surface area contributed by atoms with Crippen molar-refractivity contribution in [2.75, 3.05) is 13.2 Å². The standard InChI is InChI=1S/C34H66O4/c1-5-7-9-11-13-15-16-17-18-19-20-21-23-25-27-29-31-38-33(36)34(3,4)32(35)37-30-28-26-24-22-14-12-10-8-6-2/h5-31H2,1-4H3. The fourth-order valence-electron chi connectivity index (χ4n) is 4.84. The van der Waals surface area contributed by atoms with Gasteiger partial charge in [-0.15, -0.1) is 0 Å². The first kappa shape index (κ1) is 36.9. The molecule has 0 aromatic carbocycles. The maximum absolute atomic E-state index is 12.4. The summed E-state index contributed by atoms with van der Waals surface area (Å²) in [5.74, 6) is -0.926. The van der Waals surface area contributed by atoms with Crippen molar-refractivity contribution in [2.45, 2.75) is 188 Å². The summed E-state index contributed by atoms with van der Waals surface area (Å²) in [5, 5.41) is 0. The normalized spacial score (nSPS) is 11.6. The molecule has 0 fully saturated rings. The van der Waals surface area contributed by atoms with Gasteiger partial charge in [-0.1, -0.05) is 162 Å². The van der Waals surface area contributed by atoms with Gasteiger partial charge in [0.25, 0.3) is 0 Å². The molecule has 0 unspecified atom stereocenters. The van der Waals surface area contributed by atoms with Gasteiger partial charge in [0.2, 0.25) is 0 Å². The highest BCUT2D eigenvalue weighted by atomic mass is 16.6. The second-order valence-electron chi connectivity index (χ2n) is 12.0. The fourth-order valence-corrected chi connectivity index (χ4v) is 4.84. The molecule has 38 heavy (non-hydrogen) atoms. The van der Waals surface area contributed by atoms with E-state index in [9.17, 15) is 9.59 Å². The van der Waals surface area contributed by atoms with E-state index in [-0.39, 0.29) is 0 Å². The molecule has 0 bridgehead atoms. The van der Waals surface area contributed by atoms with Crippen LogP contribution in [0.3, 0.4) is 0 Å². The van der Waals surface area contributed by atoms with Gasteiger partial charge in [0.05, 0.1) is 13.2 Å². The number of ether oxygens (including phenoxy) is 2. The van der Waals surface area contributed by atoms with Crippen molar-refractivity contribution in [3.8, 4) is 0 Å². The van der Waals surface area contributed by atoms with Gasteiger partial charge in [0, 0.05) is 0 Å². The predicted molar refractivity (Wildman–Crippen MR) is 162 cm³/mol. The average Bonchev–Trinajstić information content (AvgIpc) is 2.91. The average molecular weight is 539 g/mol. The lowest BCUT2D eigenvalue weighted by molar-refractivity contribution is -0.170. The molecule has 4 nitrogen and oxygen atoms in total. The van der Waals surface area contributed by atoms with Crippen molar-refractivity contribution in [1.29, 1.82) is 0 Å². The van der Waals surface area contributed by atoms with E-state index in [0.717, 1.165) is 25.7 Å². The van der Waals surface area contributed by atoms with E-state index in [4.69, 9.17) is 9.47 Å². The lowest BCUT2D eigenvalue weighted by atomic mass is 9.94. The largest absolute Gasteiger partial charge is 0.465 e. The minimum absolute atomic E-state index is 0.393. The van der Waals surface area contributed by atoms with Crippen LogP contribution in [-0.2, 0) is 19.1 Å². The molecule has 0 aliphatic carbocycles. The highest BCUT2D eigenvalue weighted by Crippen LogP contribution is 2.21. The SMILES string of the molecule is CCCCCCCCCCCCCCCCCCOC(=O)C(C)(C)C(=O)OCCCCCCCCCCC. The van der Waals surface area contributed by atoms with Gasteiger partial charge in [-0.05, 0) is 26.7 Å². The Morgan fingerprint density at radius 2 is 0.605 bits per heavy atom. The van der Waals surface area contributed by atoms with Crippen LogP contribution in [0.5, 0.6) is 0 Å². The molecule has 4 heteroatoms. The highest BCUT2D eigenvalue weighted by Gasteiger charge is 2.39. The first-order chi connectivity index (χ1) is 18.5. The van der Waals surface area contributed by atoms with Crippen molar-refractivity contribution in [3.05, 3.63) is 0 Å². The highest BCUT2D eigenvalue weighted by molar-refractivity contribution is 5.99. The van der Waals surface area contributed by atoms with E-state index in [1.807, 2.05) is 0 Å². The third-order valence-corrected chi connectivity index (χ3v) is 7.73. The summed E-state index contributed by atoms with van der Waals surface area (Å²) in [5.41, 5.74) is -1.23. The molecule has 0 aromatic heterocycles. The molecule has 0 aliphatic heterocycles. The Labute approximate surface area is 237 Å². The van der Waals surface area contributed by atoms with Crippen LogP contribution in [0.25, 0.3) is 0 Å². The number of carbonyl (C=O) groups is 2. The zero-order chi connectivity index (χ0) is 28.2. The molecule has 0 spiro atoms. The second-order valence-corrected chi connectivity index (χ2v) is 12.0. The van der Waals surface area contributed by atoms with Crippen LogP contribution in [0.4, 0.5) is 0 Å². The number of hydrogen-bond donors (Lipinski definition) is 0. The maximum atomic E-state index is 12.4. The van der Waals surface area contributed by atoms with Gasteiger partial charge in [-0.2, -0.15) is 0 Å². The Kier molecular flexibility index (Phi) is 26.7. The lowest BCUT2D eigenvalue weighted by Crippen LogP contribution is -2.37. The van der Waals surface area contributed by atoms with Crippen LogP contribution in [0, 0.1) is 5.41 Å². The molecule has 0 atom stereocenters. The van der Waals surface area contributed by atoms with Crippen LogP contribution in [0.1, 0.15) is 188 Å². The van der Waals surface area contributed by atoms with Crippen LogP contribution in [-0.4, -0.2) is 25.2 Å². The smallest absolute Gasteiger partial charge is 0.322 e. The Morgan fingerprint density at radius 1 is 0.395 bits per heavy atom. The first-order valence-electron chi connectivity index (χ1n) is 16.8. The van der Waals surface area contributed by atoms with Crippen LogP contribution in [0.2, 0.25) is 0 Å². The van der Waals surface area contributed by atoms with Crippen molar-refractivity contribution in [2.24, 2.45) is 5.41 Å². The minimum Gasteiger partial charge on any atom is -0.465 e. The zero-order valence-corrected chi connectivity index (χ0v) is 26.2. The topological polar surface area (TPSA) is 52.6 Å².